The molecule has 0 saturated heterocycles. The van der Waals surface area contributed by atoms with Crippen LogP contribution in [-0.2, 0) is 4.79 Å². The lowest BCUT2D eigenvalue weighted by molar-refractivity contribution is -0.132. The second-order valence-corrected chi connectivity index (χ2v) is 17.5. The van der Waals surface area contributed by atoms with Gasteiger partial charge in [0.05, 0.1) is 18.8 Å². The Hall–Kier alpha value is -0.950. The zero-order valence-corrected chi connectivity index (χ0v) is 37.7. The van der Waals surface area contributed by atoms with Gasteiger partial charge < -0.3 is 25.7 Å². The summed E-state index contributed by atoms with van der Waals surface area (Å²) in [6.07, 6.45) is 51.5. The third-order valence-corrected chi connectivity index (χ3v) is 12.0. The van der Waals surface area contributed by atoms with Crippen molar-refractivity contribution >= 4 is 5.91 Å². The van der Waals surface area contributed by atoms with Crippen molar-refractivity contribution in [1.82, 2.24) is 5.32 Å². The minimum atomic E-state index is -1.25. The Morgan fingerprint density at radius 3 is 1.04 bits per heavy atom. The summed E-state index contributed by atoms with van der Waals surface area (Å²) in [4.78, 5) is 12.5. The fourth-order valence-electron chi connectivity index (χ4n) is 7.99. The van der Waals surface area contributed by atoms with Gasteiger partial charge in [0.25, 0.3) is 0 Å². The van der Waals surface area contributed by atoms with Gasteiger partial charge in [-0.3, -0.25) is 4.79 Å². The molecule has 0 rings (SSSR count). The Morgan fingerprint density at radius 2 is 0.714 bits per heavy atom. The number of carbonyl (C=O) groups excluding carboxylic acids is 1. The van der Waals surface area contributed by atoms with E-state index in [1.54, 1.807) is 0 Å². The van der Waals surface area contributed by atoms with Crippen LogP contribution in [0.5, 0.6) is 0 Å². The number of unbranched alkanes of at least 4 members (excludes halogenated alkanes) is 35. The predicted octanol–water partition coefficient (Wildman–Crippen LogP) is 13.7. The lowest BCUT2D eigenvalue weighted by Gasteiger charge is -2.27. The fourth-order valence-corrected chi connectivity index (χ4v) is 7.99. The first-order chi connectivity index (χ1) is 27.5. The Balaban J connectivity index is 3.53. The molecule has 4 unspecified atom stereocenters. The highest BCUT2D eigenvalue weighted by atomic mass is 16.3. The minimum Gasteiger partial charge on any atom is -0.394 e. The fraction of sp³-hybridized carbons (Fsp3) is 0.940. The SMILES string of the molecule is CCCCCCCCCCCCCC/C=C\CCCCCCCCCCCCCCCCCC(O)C(=O)NC(CO)C(O)C(O)CCCCCCCCCCC. The largest absolute Gasteiger partial charge is 0.394 e. The van der Waals surface area contributed by atoms with E-state index in [0.717, 1.165) is 38.5 Å². The van der Waals surface area contributed by atoms with Crippen molar-refractivity contribution in [3.63, 3.8) is 0 Å². The molecule has 0 radical (unpaired) electrons. The Labute approximate surface area is 349 Å². The lowest BCUT2D eigenvalue weighted by atomic mass is 9.99. The van der Waals surface area contributed by atoms with Crippen molar-refractivity contribution in [2.75, 3.05) is 6.61 Å². The highest BCUT2D eigenvalue weighted by Crippen LogP contribution is 2.17. The first kappa shape index (κ1) is 55.0. The van der Waals surface area contributed by atoms with Gasteiger partial charge in [0, 0.05) is 0 Å². The molecule has 0 heterocycles. The van der Waals surface area contributed by atoms with E-state index < -0.39 is 36.9 Å². The number of hydrogen-bond acceptors (Lipinski definition) is 5. The quantitative estimate of drug-likeness (QED) is 0.0311. The molecule has 6 nitrogen and oxygen atoms in total. The Kier molecular flexibility index (Phi) is 44.4. The maximum absolute atomic E-state index is 12.5. The van der Waals surface area contributed by atoms with Gasteiger partial charge in [-0.25, -0.2) is 0 Å². The van der Waals surface area contributed by atoms with Crippen LogP contribution in [-0.4, -0.2) is 57.3 Å². The van der Waals surface area contributed by atoms with Gasteiger partial charge in [-0.15, -0.1) is 0 Å². The number of rotatable bonds is 46. The van der Waals surface area contributed by atoms with Crippen molar-refractivity contribution in [2.24, 2.45) is 0 Å². The Morgan fingerprint density at radius 1 is 0.429 bits per heavy atom. The first-order valence-electron chi connectivity index (χ1n) is 25.1. The number of aliphatic hydroxyl groups excluding tert-OH is 4. The molecule has 0 aromatic heterocycles. The lowest BCUT2D eigenvalue weighted by Crippen LogP contribution is -2.53. The summed E-state index contributed by atoms with van der Waals surface area (Å²) >= 11 is 0. The van der Waals surface area contributed by atoms with Crippen LogP contribution in [0.15, 0.2) is 12.2 Å². The van der Waals surface area contributed by atoms with Crippen LogP contribution in [0.4, 0.5) is 0 Å². The van der Waals surface area contributed by atoms with E-state index in [9.17, 15) is 25.2 Å². The van der Waals surface area contributed by atoms with Gasteiger partial charge in [0.15, 0.2) is 0 Å². The van der Waals surface area contributed by atoms with Gasteiger partial charge in [0.1, 0.15) is 12.2 Å². The summed E-state index contributed by atoms with van der Waals surface area (Å²) in [5, 5.41) is 43.6. The number of nitrogens with one attached hydrogen (secondary N) is 1. The van der Waals surface area contributed by atoms with Crippen molar-refractivity contribution < 1.29 is 25.2 Å². The van der Waals surface area contributed by atoms with E-state index in [4.69, 9.17) is 0 Å². The van der Waals surface area contributed by atoms with Crippen molar-refractivity contribution in [3.05, 3.63) is 12.2 Å². The highest BCUT2D eigenvalue weighted by molar-refractivity contribution is 5.80. The number of allylic oxidation sites excluding steroid dienone is 2. The van der Waals surface area contributed by atoms with Crippen LogP contribution in [0.2, 0.25) is 0 Å². The van der Waals surface area contributed by atoms with Crippen LogP contribution < -0.4 is 5.32 Å². The summed E-state index contributed by atoms with van der Waals surface area (Å²) < 4.78 is 0. The molecule has 0 aromatic carbocycles. The minimum absolute atomic E-state index is 0.373. The van der Waals surface area contributed by atoms with E-state index >= 15 is 0 Å². The van der Waals surface area contributed by atoms with Crippen molar-refractivity contribution in [2.45, 2.75) is 295 Å². The number of hydrogen-bond donors (Lipinski definition) is 5. The topological polar surface area (TPSA) is 110 Å². The van der Waals surface area contributed by atoms with Crippen LogP contribution in [0.25, 0.3) is 0 Å². The molecule has 6 heteroatoms. The summed E-state index contributed by atoms with van der Waals surface area (Å²) in [6.45, 7) is 4.04. The monoisotopic (exact) mass is 794 g/mol. The van der Waals surface area contributed by atoms with Crippen LogP contribution in [0, 0.1) is 0 Å². The number of carbonyl (C=O) groups is 1. The molecule has 0 aromatic rings. The van der Waals surface area contributed by atoms with Gasteiger partial charge in [-0.2, -0.15) is 0 Å². The first-order valence-corrected chi connectivity index (χ1v) is 25.1. The molecule has 0 fully saturated rings. The normalized spacial score (nSPS) is 14.0. The van der Waals surface area contributed by atoms with Crippen LogP contribution in [0.3, 0.4) is 0 Å². The van der Waals surface area contributed by atoms with E-state index in [2.05, 4.69) is 31.3 Å². The second kappa shape index (κ2) is 45.1. The molecule has 4 atom stereocenters. The van der Waals surface area contributed by atoms with Crippen LogP contribution >= 0.6 is 0 Å². The van der Waals surface area contributed by atoms with E-state index in [-0.39, 0.29) is 0 Å². The zero-order chi connectivity index (χ0) is 41.0. The molecule has 0 spiro atoms. The van der Waals surface area contributed by atoms with Crippen molar-refractivity contribution in [1.29, 1.82) is 0 Å². The number of amides is 1. The third-order valence-electron chi connectivity index (χ3n) is 12.0. The zero-order valence-electron chi connectivity index (χ0n) is 37.7. The van der Waals surface area contributed by atoms with E-state index in [0.29, 0.717) is 12.8 Å². The standard InChI is InChI=1S/C50H99NO5/c1-3-5-7-9-11-13-14-15-16-17-18-19-20-21-22-23-24-25-26-27-28-29-30-31-32-33-34-36-38-40-42-44-48(54)50(56)51-46(45-52)49(55)47(53)43-41-39-37-35-12-10-8-6-4-2/h21-22,46-49,52-55H,3-20,23-45H2,1-2H3,(H,51,56)/b22-21-. The molecular weight excluding hydrogens is 695 g/mol. The molecule has 0 aliphatic heterocycles. The predicted molar refractivity (Wildman–Crippen MR) is 242 cm³/mol. The molecule has 0 aliphatic carbocycles. The summed E-state index contributed by atoms with van der Waals surface area (Å²) in [6, 6.07) is -0.980. The molecule has 0 bridgehead atoms. The van der Waals surface area contributed by atoms with Crippen molar-refractivity contribution in [3.8, 4) is 0 Å². The van der Waals surface area contributed by atoms with Gasteiger partial charge >= 0.3 is 0 Å². The van der Waals surface area contributed by atoms with E-state index in [1.807, 2.05) is 0 Å². The molecular formula is C50H99NO5. The van der Waals surface area contributed by atoms with Gasteiger partial charge in [-0.05, 0) is 38.5 Å². The van der Waals surface area contributed by atoms with Gasteiger partial charge in [-0.1, -0.05) is 244 Å². The van der Waals surface area contributed by atoms with E-state index in [1.165, 1.54) is 205 Å². The smallest absolute Gasteiger partial charge is 0.249 e. The molecule has 0 saturated carbocycles. The maximum atomic E-state index is 12.5. The van der Waals surface area contributed by atoms with Crippen LogP contribution in [0.1, 0.15) is 271 Å². The van der Waals surface area contributed by atoms with Gasteiger partial charge in [0.2, 0.25) is 5.91 Å². The third kappa shape index (κ3) is 38.6. The average molecular weight is 794 g/mol. The summed E-state index contributed by atoms with van der Waals surface area (Å²) in [7, 11) is 0. The molecule has 0 aliphatic rings. The molecule has 334 valence electrons. The highest BCUT2D eigenvalue weighted by Gasteiger charge is 2.28. The number of aliphatic hydroxyl groups is 4. The molecule has 5 N–H and O–H groups in total. The molecule has 1 amide bonds. The molecule has 56 heavy (non-hydrogen) atoms. The summed E-state index contributed by atoms with van der Waals surface area (Å²) in [5.74, 6) is -0.582. The summed E-state index contributed by atoms with van der Waals surface area (Å²) in [5.41, 5.74) is 0. The maximum Gasteiger partial charge on any atom is 0.249 e. The second-order valence-electron chi connectivity index (χ2n) is 17.5. The Bertz CT molecular complexity index is 806. The average Bonchev–Trinajstić information content (AvgIpc) is 3.20.